The lowest BCUT2D eigenvalue weighted by Crippen LogP contribution is -2.05. The van der Waals surface area contributed by atoms with E-state index in [1.54, 1.807) is 24.3 Å². The number of hydrogen-bond acceptors (Lipinski definition) is 4. The molecule has 0 aliphatic heterocycles. The maximum absolute atomic E-state index is 10.9. The van der Waals surface area contributed by atoms with Crippen molar-refractivity contribution in [3.05, 3.63) is 29.8 Å². The molecular formula is C13H15NO4. The highest BCUT2D eigenvalue weighted by atomic mass is 16.6. The second-order valence-electron chi connectivity index (χ2n) is 3.47. The van der Waals surface area contributed by atoms with Crippen molar-refractivity contribution < 1.29 is 19.1 Å². The molecule has 5 nitrogen and oxygen atoms in total. The van der Waals surface area contributed by atoms with E-state index >= 15 is 0 Å². The second-order valence-corrected chi connectivity index (χ2v) is 3.47. The van der Waals surface area contributed by atoms with Crippen LogP contribution in [0.3, 0.4) is 0 Å². The van der Waals surface area contributed by atoms with Gasteiger partial charge in [0.15, 0.2) is 11.5 Å². The van der Waals surface area contributed by atoms with Crippen molar-refractivity contribution in [1.29, 1.82) is 0 Å². The van der Waals surface area contributed by atoms with E-state index in [0.717, 1.165) is 5.56 Å². The number of esters is 1. The molecule has 0 aliphatic rings. The third-order valence-electron chi connectivity index (χ3n) is 1.96. The Bertz CT molecular complexity index is 480. The van der Waals surface area contributed by atoms with Crippen LogP contribution in [0.4, 0.5) is 0 Å². The number of primary amides is 1. The Labute approximate surface area is 105 Å². The molecule has 0 aromatic heterocycles. The monoisotopic (exact) mass is 249 g/mol. The average molecular weight is 249 g/mol. The molecule has 1 aromatic rings. The van der Waals surface area contributed by atoms with Gasteiger partial charge in [-0.2, -0.15) is 0 Å². The van der Waals surface area contributed by atoms with Gasteiger partial charge in [0.1, 0.15) is 0 Å². The van der Waals surface area contributed by atoms with Gasteiger partial charge in [-0.05, 0) is 30.7 Å². The smallest absolute Gasteiger partial charge is 0.308 e. The number of nitrogens with two attached hydrogens (primary N) is 1. The highest BCUT2D eigenvalue weighted by Gasteiger charge is 2.07. The highest BCUT2D eigenvalue weighted by Crippen LogP contribution is 2.29. The lowest BCUT2D eigenvalue weighted by molar-refractivity contribution is -0.132. The molecular weight excluding hydrogens is 234 g/mol. The Balaban J connectivity index is 3.02. The van der Waals surface area contributed by atoms with Crippen LogP contribution in [0.1, 0.15) is 19.4 Å². The van der Waals surface area contributed by atoms with Gasteiger partial charge in [-0.25, -0.2) is 0 Å². The molecule has 0 heterocycles. The Hall–Kier alpha value is -2.30. The number of rotatable bonds is 5. The fraction of sp³-hybridized carbons (Fsp3) is 0.231. The lowest BCUT2D eigenvalue weighted by Gasteiger charge is -2.10. The second kappa shape index (κ2) is 6.44. The van der Waals surface area contributed by atoms with Crippen LogP contribution in [0.5, 0.6) is 11.5 Å². The molecule has 0 aliphatic carbocycles. The summed E-state index contributed by atoms with van der Waals surface area (Å²) in [5.41, 5.74) is 5.74. The standard InChI is InChI=1S/C13H15NO4/c1-3-17-12-8-10(5-7-13(14)16)4-6-11(12)18-9(2)15/h4-8H,3H2,1-2H3,(H2,14,16)/b7-5-. The normalized spacial score (nSPS) is 10.3. The van der Waals surface area contributed by atoms with Crippen molar-refractivity contribution in [2.45, 2.75) is 13.8 Å². The third kappa shape index (κ3) is 4.29. The minimum absolute atomic E-state index is 0.348. The maximum atomic E-state index is 10.9. The number of ether oxygens (including phenoxy) is 2. The summed E-state index contributed by atoms with van der Waals surface area (Å²) in [7, 11) is 0. The summed E-state index contributed by atoms with van der Waals surface area (Å²) in [6.45, 7) is 3.58. The summed E-state index contributed by atoms with van der Waals surface area (Å²) < 4.78 is 10.4. The van der Waals surface area contributed by atoms with Gasteiger partial charge >= 0.3 is 5.97 Å². The Morgan fingerprint density at radius 3 is 2.61 bits per heavy atom. The van der Waals surface area contributed by atoms with Crippen LogP contribution in [-0.4, -0.2) is 18.5 Å². The van der Waals surface area contributed by atoms with Crippen LogP contribution in [0.25, 0.3) is 6.08 Å². The molecule has 0 saturated heterocycles. The summed E-state index contributed by atoms with van der Waals surface area (Å²) in [6, 6.07) is 4.97. The van der Waals surface area contributed by atoms with E-state index < -0.39 is 11.9 Å². The Morgan fingerprint density at radius 2 is 2.06 bits per heavy atom. The first-order chi connectivity index (χ1) is 8.52. The number of carbonyl (C=O) groups excluding carboxylic acids is 2. The van der Waals surface area contributed by atoms with Crippen LogP contribution in [-0.2, 0) is 9.59 Å². The van der Waals surface area contributed by atoms with E-state index in [1.807, 2.05) is 6.92 Å². The Morgan fingerprint density at radius 1 is 1.33 bits per heavy atom. The van der Waals surface area contributed by atoms with Gasteiger partial charge in [0, 0.05) is 13.0 Å². The fourth-order valence-corrected chi connectivity index (χ4v) is 1.31. The zero-order valence-corrected chi connectivity index (χ0v) is 10.3. The van der Waals surface area contributed by atoms with E-state index in [1.165, 1.54) is 13.0 Å². The Kier molecular flexibility index (Phi) is 4.92. The predicted molar refractivity (Wildman–Crippen MR) is 67.1 cm³/mol. The van der Waals surface area contributed by atoms with Crippen LogP contribution >= 0.6 is 0 Å². The number of carbonyl (C=O) groups is 2. The topological polar surface area (TPSA) is 78.6 Å². The minimum atomic E-state index is -0.531. The molecule has 0 saturated carbocycles. The van der Waals surface area contributed by atoms with E-state index in [9.17, 15) is 9.59 Å². The van der Waals surface area contributed by atoms with Crippen molar-refractivity contribution in [1.82, 2.24) is 0 Å². The van der Waals surface area contributed by atoms with Gasteiger partial charge < -0.3 is 15.2 Å². The van der Waals surface area contributed by atoms with Gasteiger partial charge in [-0.1, -0.05) is 6.07 Å². The number of benzene rings is 1. The molecule has 0 spiro atoms. The first-order valence-electron chi connectivity index (χ1n) is 5.45. The van der Waals surface area contributed by atoms with Gasteiger partial charge in [0.2, 0.25) is 5.91 Å². The number of hydrogen-bond donors (Lipinski definition) is 1. The van der Waals surface area contributed by atoms with Gasteiger partial charge in [0.25, 0.3) is 0 Å². The first-order valence-corrected chi connectivity index (χ1v) is 5.45. The van der Waals surface area contributed by atoms with Crippen molar-refractivity contribution in [3.8, 4) is 11.5 Å². The van der Waals surface area contributed by atoms with Gasteiger partial charge in [0.05, 0.1) is 6.61 Å². The van der Waals surface area contributed by atoms with E-state index in [0.29, 0.717) is 18.1 Å². The molecule has 1 amide bonds. The molecule has 2 N–H and O–H groups in total. The van der Waals surface area contributed by atoms with E-state index in [-0.39, 0.29) is 0 Å². The molecule has 5 heteroatoms. The third-order valence-corrected chi connectivity index (χ3v) is 1.96. The molecule has 1 rings (SSSR count). The van der Waals surface area contributed by atoms with Crippen LogP contribution in [0.2, 0.25) is 0 Å². The maximum Gasteiger partial charge on any atom is 0.308 e. The molecule has 96 valence electrons. The summed E-state index contributed by atoms with van der Waals surface area (Å²) >= 11 is 0. The van der Waals surface area contributed by atoms with Gasteiger partial charge in [-0.15, -0.1) is 0 Å². The lowest BCUT2D eigenvalue weighted by atomic mass is 10.2. The molecule has 0 atom stereocenters. The molecule has 0 fully saturated rings. The predicted octanol–water partition coefficient (Wildman–Crippen LogP) is 1.51. The van der Waals surface area contributed by atoms with Crippen LogP contribution < -0.4 is 15.2 Å². The van der Waals surface area contributed by atoms with Gasteiger partial charge in [-0.3, -0.25) is 9.59 Å². The van der Waals surface area contributed by atoms with Crippen molar-refractivity contribution >= 4 is 18.0 Å². The largest absolute Gasteiger partial charge is 0.490 e. The van der Waals surface area contributed by atoms with Crippen LogP contribution in [0.15, 0.2) is 24.3 Å². The molecule has 0 bridgehead atoms. The summed E-state index contributed by atoms with van der Waals surface area (Å²) in [5.74, 6) is -0.159. The fourth-order valence-electron chi connectivity index (χ4n) is 1.31. The SMILES string of the molecule is CCOc1cc(/C=C\C(N)=O)ccc1OC(C)=O. The summed E-state index contributed by atoms with van der Waals surface area (Å²) in [4.78, 5) is 21.5. The average Bonchev–Trinajstić information content (AvgIpc) is 2.29. The first kappa shape index (κ1) is 13.8. The number of amides is 1. The zero-order chi connectivity index (χ0) is 13.5. The quantitative estimate of drug-likeness (QED) is 0.487. The minimum Gasteiger partial charge on any atom is -0.490 e. The zero-order valence-electron chi connectivity index (χ0n) is 10.3. The molecule has 18 heavy (non-hydrogen) atoms. The van der Waals surface area contributed by atoms with E-state index in [4.69, 9.17) is 15.2 Å². The van der Waals surface area contributed by atoms with Crippen molar-refractivity contribution in [2.24, 2.45) is 5.73 Å². The molecule has 1 aromatic carbocycles. The van der Waals surface area contributed by atoms with Crippen LogP contribution in [0, 0.1) is 0 Å². The van der Waals surface area contributed by atoms with E-state index in [2.05, 4.69) is 0 Å². The summed E-state index contributed by atoms with van der Waals surface area (Å²) in [5, 5.41) is 0. The summed E-state index contributed by atoms with van der Waals surface area (Å²) in [6.07, 6.45) is 2.80. The molecule has 0 radical (unpaired) electrons. The highest BCUT2D eigenvalue weighted by molar-refractivity contribution is 5.90. The molecule has 0 unspecified atom stereocenters. The van der Waals surface area contributed by atoms with Crippen molar-refractivity contribution in [3.63, 3.8) is 0 Å². The van der Waals surface area contributed by atoms with Crippen molar-refractivity contribution in [2.75, 3.05) is 6.61 Å².